The molecule has 1 aliphatic rings. The van der Waals surface area contributed by atoms with Gasteiger partial charge in [0.05, 0.1) is 6.61 Å². The van der Waals surface area contributed by atoms with Crippen LogP contribution < -0.4 is 0 Å². The van der Waals surface area contributed by atoms with Crippen LogP contribution in [0, 0.1) is 0 Å². The van der Waals surface area contributed by atoms with Gasteiger partial charge in [-0.1, -0.05) is 6.08 Å². The fourth-order valence-corrected chi connectivity index (χ4v) is 1.19. The molecule has 70 valence electrons. The fourth-order valence-electron chi connectivity index (χ4n) is 1.19. The van der Waals surface area contributed by atoms with Gasteiger partial charge in [0.2, 0.25) is 0 Å². The Balaban J connectivity index is 2.24. The van der Waals surface area contributed by atoms with Crippen molar-refractivity contribution in [2.45, 2.75) is 38.9 Å². The zero-order chi connectivity index (χ0) is 9.03. The van der Waals surface area contributed by atoms with Gasteiger partial charge < -0.3 is 9.47 Å². The van der Waals surface area contributed by atoms with E-state index in [1.807, 2.05) is 13.8 Å². The second-order valence-electron chi connectivity index (χ2n) is 3.65. The highest BCUT2D eigenvalue weighted by atomic mass is 16.7. The van der Waals surface area contributed by atoms with Crippen LogP contribution in [0.5, 0.6) is 0 Å². The van der Waals surface area contributed by atoms with Crippen LogP contribution >= 0.6 is 0 Å². The van der Waals surface area contributed by atoms with Crippen molar-refractivity contribution in [1.29, 1.82) is 0 Å². The summed E-state index contributed by atoms with van der Waals surface area (Å²) in [6, 6.07) is 0. The van der Waals surface area contributed by atoms with Crippen molar-refractivity contribution in [2.75, 3.05) is 13.7 Å². The lowest BCUT2D eigenvalue weighted by Crippen LogP contribution is -2.27. The van der Waals surface area contributed by atoms with Crippen LogP contribution in [0.4, 0.5) is 0 Å². The number of hydrogen-bond acceptors (Lipinski definition) is 2. The summed E-state index contributed by atoms with van der Waals surface area (Å²) in [4.78, 5) is 0. The molecule has 0 unspecified atom stereocenters. The van der Waals surface area contributed by atoms with E-state index in [4.69, 9.17) is 9.47 Å². The summed E-state index contributed by atoms with van der Waals surface area (Å²) in [5.41, 5.74) is 1.42. The first kappa shape index (κ1) is 9.75. The van der Waals surface area contributed by atoms with Gasteiger partial charge in [-0.2, -0.15) is 0 Å². The first-order valence-corrected chi connectivity index (χ1v) is 4.51. The second-order valence-corrected chi connectivity index (χ2v) is 3.65. The SMILES string of the molecule is COC(C)(C)OCC1=CCCC1. The molecule has 0 bridgehead atoms. The van der Waals surface area contributed by atoms with Crippen LogP contribution in [0.25, 0.3) is 0 Å². The molecule has 0 N–H and O–H groups in total. The summed E-state index contributed by atoms with van der Waals surface area (Å²) in [6.07, 6.45) is 5.96. The van der Waals surface area contributed by atoms with E-state index >= 15 is 0 Å². The Hall–Kier alpha value is -0.340. The maximum Gasteiger partial charge on any atom is 0.162 e. The van der Waals surface area contributed by atoms with Gasteiger partial charge in [0.25, 0.3) is 0 Å². The van der Waals surface area contributed by atoms with Crippen LogP contribution in [0.3, 0.4) is 0 Å². The Bertz CT molecular complexity index is 171. The van der Waals surface area contributed by atoms with Crippen molar-refractivity contribution in [1.82, 2.24) is 0 Å². The van der Waals surface area contributed by atoms with Gasteiger partial charge >= 0.3 is 0 Å². The molecule has 0 radical (unpaired) electrons. The predicted octanol–water partition coefficient (Wildman–Crippen LogP) is 2.50. The zero-order valence-electron chi connectivity index (χ0n) is 8.22. The Kier molecular flexibility index (Phi) is 3.29. The van der Waals surface area contributed by atoms with Gasteiger partial charge in [0, 0.05) is 7.11 Å². The molecule has 0 aromatic carbocycles. The lowest BCUT2D eigenvalue weighted by molar-refractivity contribution is -0.191. The van der Waals surface area contributed by atoms with E-state index in [2.05, 4.69) is 6.08 Å². The Morgan fingerprint density at radius 3 is 2.75 bits per heavy atom. The van der Waals surface area contributed by atoms with Gasteiger partial charge in [-0.3, -0.25) is 0 Å². The number of allylic oxidation sites excluding steroid dienone is 1. The highest BCUT2D eigenvalue weighted by Crippen LogP contribution is 2.20. The molecule has 0 amide bonds. The van der Waals surface area contributed by atoms with Crippen LogP contribution in [-0.2, 0) is 9.47 Å². The maximum atomic E-state index is 5.57. The number of ether oxygens (including phenoxy) is 2. The summed E-state index contributed by atoms with van der Waals surface area (Å²) in [5, 5.41) is 0. The van der Waals surface area contributed by atoms with E-state index in [1.165, 1.54) is 24.8 Å². The van der Waals surface area contributed by atoms with E-state index in [0.717, 1.165) is 6.61 Å². The van der Waals surface area contributed by atoms with E-state index in [0.29, 0.717) is 0 Å². The van der Waals surface area contributed by atoms with E-state index in [-0.39, 0.29) is 0 Å². The molecular formula is C10H18O2. The minimum absolute atomic E-state index is 0.441. The Morgan fingerprint density at radius 2 is 2.25 bits per heavy atom. The summed E-state index contributed by atoms with van der Waals surface area (Å²) in [6.45, 7) is 4.59. The van der Waals surface area contributed by atoms with Gasteiger partial charge in [-0.05, 0) is 38.7 Å². The van der Waals surface area contributed by atoms with E-state index < -0.39 is 5.79 Å². The molecule has 0 saturated carbocycles. The highest BCUT2D eigenvalue weighted by Gasteiger charge is 2.17. The van der Waals surface area contributed by atoms with Crippen LogP contribution in [0.15, 0.2) is 11.6 Å². The molecule has 0 atom stereocenters. The molecule has 0 heterocycles. The minimum atomic E-state index is -0.441. The van der Waals surface area contributed by atoms with Gasteiger partial charge in [0.1, 0.15) is 0 Å². The lowest BCUT2D eigenvalue weighted by Gasteiger charge is -2.23. The molecule has 0 aromatic heterocycles. The predicted molar refractivity (Wildman–Crippen MR) is 49.0 cm³/mol. The largest absolute Gasteiger partial charge is 0.354 e. The molecule has 12 heavy (non-hydrogen) atoms. The first-order valence-electron chi connectivity index (χ1n) is 4.51. The van der Waals surface area contributed by atoms with E-state index in [9.17, 15) is 0 Å². The summed E-state index contributed by atoms with van der Waals surface area (Å²) < 4.78 is 10.7. The van der Waals surface area contributed by atoms with Crippen molar-refractivity contribution in [3.8, 4) is 0 Å². The fraction of sp³-hybridized carbons (Fsp3) is 0.800. The second kappa shape index (κ2) is 4.06. The first-order chi connectivity index (χ1) is 5.64. The normalized spacial score (nSPS) is 18.1. The number of hydrogen-bond donors (Lipinski definition) is 0. The zero-order valence-corrected chi connectivity index (χ0v) is 8.22. The van der Waals surface area contributed by atoms with Crippen LogP contribution in [-0.4, -0.2) is 19.5 Å². The molecule has 0 spiro atoms. The summed E-state index contributed by atoms with van der Waals surface area (Å²) in [7, 11) is 1.67. The maximum absolute atomic E-state index is 5.57. The van der Waals surface area contributed by atoms with Gasteiger partial charge in [-0.15, -0.1) is 0 Å². The third kappa shape index (κ3) is 2.95. The molecule has 1 aliphatic carbocycles. The Morgan fingerprint density at radius 1 is 1.50 bits per heavy atom. The third-order valence-corrected chi connectivity index (χ3v) is 2.23. The Labute approximate surface area is 74.6 Å². The van der Waals surface area contributed by atoms with E-state index in [1.54, 1.807) is 7.11 Å². The molecule has 0 aromatic rings. The average Bonchev–Trinajstić information content (AvgIpc) is 2.53. The molecule has 2 heteroatoms. The summed E-state index contributed by atoms with van der Waals surface area (Å²) in [5.74, 6) is -0.441. The van der Waals surface area contributed by atoms with Crippen molar-refractivity contribution in [3.63, 3.8) is 0 Å². The average molecular weight is 170 g/mol. The van der Waals surface area contributed by atoms with Crippen molar-refractivity contribution < 1.29 is 9.47 Å². The smallest absolute Gasteiger partial charge is 0.162 e. The molecule has 2 nitrogen and oxygen atoms in total. The number of rotatable bonds is 4. The summed E-state index contributed by atoms with van der Waals surface area (Å²) >= 11 is 0. The molecule has 1 rings (SSSR count). The molecule has 0 saturated heterocycles. The lowest BCUT2D eigenvalue weighted by atomic mass is 10.2. The third-order valence-electron chi connectivity index (χ3n) is 2.23. The number of methoxy groups -OCH3 is 1. The van der Waals surface area contributed by atoms with Crippen molar-refractivity contribution in [2.24, 2.45) is 0 Å². The van der Waals surface area contributed by atoms with Crippen LogP contribution in [0.2, 0.25) is 0 Å². The van der Waals surface area contributed by atoms with Crippen LogP contribution in [0.1, 0.15) is 33.1 Å². The molecule has 0 fully saturated rings. The standard InChI is InChI=1S/C10H18O2/c1-10(2,11-3)12-8-9-6-4-5-7-9/h6H,4-5,7-8H2,1-3H3. The van der Waals surface area contributed by atoms with Crippen molar-refractivity contribution >= 4 is 0 Å². The monoisotopic (exact) mass is 170 g/mol. The highest BCUT2D eigenvalue weighted by molar-refractivity contribution is 5.07. The quantitative estimate of drug-likeness (QED) is 0.476. The minimum Gasteiger partial charge on any atom is -0.354 e. The van der Waals surface area contributed by atoms with Crippen molar-refractivity contribution in [3.05, 3.63) is 11.6 Å². The van der Waals surface area contributed by atoms with Gasteiger partial charge in [-0.25, -0.2) is 0 Å². The molecular weight excluding hydrogens is 152 g/mol. The topological polar surface area (TPSA) is 18.5 Å². The molecule has 0 aliphatic heterocycles. The van der Waals surface area contributed by atoms with Gasteiger partial charge in [0.15, 0.2) is 5.79 Å².